The minimum absolute atomic E-state index is 0. The first-order valence-electron chi connectivity index (χ1n) is 6.34. The number of amides is 1. The van der Waals surface area contributed by atoms with Crippen LogP contribution in [0.4, 0.5) is 5.69 Å². The molecule has 0 heterocycles. The average molecular weight is 381 g/mol. The second-order valence-electron chi connectivity index (χ2n) is 4.67. The SMILES string of the molecule is CCC(N)(CC)CNC(=O)c1ccc(Br)cc1[N+](=O)[O-].Cl. The van der Waals surface area contributed by atoms with Gasteiger partial charge in [-0.05, 0) is 25.0 Å². The Bertz CT molecular complexity index is 521. The molecule has 0 aliphatic rings. The van der Waals surface area contributed by atoms with Crippen molar-refractivity contribution in [1.29, 1.82) is 0 Å². The zero-order chi connectivity index (χ0) is 15.3. The van der Waals surface area contributed by atoms with Crippen LogP contribution in [-0.4, -0.2) is 22.9 Å². The van der Waals surface area contributed by atoms with E-state index in [0.717, 1.165) is 0 Å². The van der Waals surface area contributed by atoms with Crippen LogP contribution in [0.1, 0.15) is 37.0 Å². The Morgan fingerprint density at radius 3 is 2.48 bits per heavy atom. The molecule has 0 aliphatic heterocycles. The molecular weight excluding hydrogens is 362 g/mol. The highest BCUT2D eigenvalue weighted by Gasteiger charge is 2.24. The molecule has 118 valence electrons. The van der Waals surface area contributed by atoms with E-state index < -0.39 is 16.4 Å². The number of halogens is 2. The third-order valence-electron chi connectivity index (χ3n) is 3.41. The molecule has 0 aromatic heterocycles. The zero-order valence-corrected chi connectivity index (χ0v) is 14.3. The maximum absolute atomic E-state index is 12.1. The lowest BCUT2D eigenvalue weighted by Crippen LogP contribution is -2.49. The maximum atomic E-state index is 12.1. The molecule has 6 nitrogen and oxygen atoms in total. The molecule has 0 aliphatic carbocycles. The number of benzene rings is 1. The second kappa shape index (κ2) is 8.31. The van der Waals surface area contributed by atoms with Gasteiger partial charge >= 0.3 is 0 Å². The van der Waals surface area contributed by atoms with E-state index in [-0.39, 0.29) is 30.2 Å². The van der Waals surface area contributed by atoms with Crippen molar-refractivity contribution < 1.29 is 9.72 Å². The fraction of sp³-hybridized carbons (Fsp3) is 0.462. The third kappa shape index (κ3) is 5.26. The topological polar surface area (TPSA) is 98.3 Å². The first-order chi connectivity index (χ1) is 9.33. The van der Waals surface area contributed by atoms with Crippen LogP contribution in [0.15, 0.2) is 22.7 Å². The van der Waals surface area contributed by atoms with Crippen LogP contribution in [0, 0.1) is 10.1 Å². The van der Waals surface area contributed by atoms with E-state index in [0.29, 0.717) is 17.3 Å². The standard InChI is InChI=1S/C13H18BrN3O3.ClH/c1-3-13(15,4-2)8-16-12(18)10-6-5-9(14)7-11(10)17(19)20;/h5-7H,3-4,8,15H2,1-2H3,(H,16,18);1H. The third-order valence-corrected chi connectivity index (χ3v) is 3.90. The zero-order valence-electron chi connectivity index (χ0n) is 11.9. The van der Waals surface area contributed by atoms with Crippen LogP contribution in [0.5, 0.6) is 0 Å². The normalized spacial score (nSPS) is 10.7. The maximum Gasteiger partial charge on any atom is 0.283 e. The molecule has 0 bridgehead atoms. The Balaban J connectivity index is 0.00000400. The van der Waals surface area contributed by atoms with E-state index in [4.69, 9.17) is 5.73 Å². The van der Waals surface area contributed by atoms with Gasteiger partial charge in [-0.1, -0.05) is 29.8 Å². The molecule has 3 N–H and O–H groups in total. The predicted molar refractivity (Wildman–Crippen MR) is 87.9 cm³/mol. The van der Waals surface area contributed by atoms with Gasteiger partial charge in [-0.25, -0.2) is 0 Å². The first-order valence-corrected chi connectivity index (χ1v) is 7.13. The molecule has 1 aromatic carbocycles. The van der Waals surface area contributed by atoms with Crippen LogP contribution in [0.25, 0.3) is 0 Å². The van der Waals surface area contributed by atoms with Crippen LogP contribution >= 0.6 is 28.3 Å². The molecule has 1 amide bonds. The molecule has 0 fully saturated rings. The lowest BCUT2D eigenvalue weighted by Gasteiger charge is -2.26. The van der Waals surface area contributed by atoms with E-state index in [1.54, 1.807) is 6.07 Å². The summed E-state index contributed by atoms with van der Waals surface area (Å²) in [5, 5.41) is 13.6. The second-order valence-corrected chi connectivity index (χ2v) is 5.59. The number of carbonyl (C=O) groups excluding carboxylic acids is 1. The van der Waals surface area contributed by atoms with Crippen molar-refractivity contribution in [1.82, 2.24) is 5.32 Å². The number of carbonyl (C=O) groups is 1. The number of nitrogens with zero attached hydrogens (tertiary/aromatic N) is 1. The number of nitrogens with one attached hydrogen (secondary N) is 1. The van der Waals surface area contributed by atoms with E-state index in [9.17, 15) is 14.9 Å². The van der Waals surface area contributed by atoms with Gasteiger partial charge in [0.05, 0.1) is 4.92 Å². The summed E-state index contributed by atoms with van der Waals surface area (Å²) in [7, 11) is 0. The molecule has 0 spiro atoms. The summed E-state index contributed by atoms with van der Waals surface area (Å²) in [5.74, 6) is -0.485. The van der Waals surface area contributed by atoms with Gasteiger partial charge in [0, 0.05) is 22.6 Å². The number of nitro benzene ring substituents is 1. The average Bonchev–Trinajstić information content (AvgIpc) is 2.44. The molecule has 1 aromatic rings. The highest BCUT2D eigenvalue weighted by molar-refractivity contribution is 9.10. The van der Waals surface area contributed by atoms with Crippen molar-refractivity contribution in [2.24, 2.45) is 5.73 Å². The number of rotatable bonds is 6. The van der Waals surface area contributed by atoms with Gasteiger partial charge in [-0.3, -0.25) is 14.9 Å². The summed E-state index contributed by atoms with van der Waals surface area (Å²) < 4.78 is 0.552. The lowest BCUT2D eigenvalue weighted by atomic mass is 9.94. The fourth-order valence-electron chi connectivity index (χ4n) is 1.70. The number of nitro groups is 1. The molecule has 1 rings (SSSR count). The molecular formula is C13H19BrClN3O3. The number of nitrogens with two attached hydrogens (primary N) is 1. The summed E-state index contributed by atoms with van der Waals surface area (Å²) in [4.78, 5) is 22.5. The molecule has 0 radical (unpaired) electrons. The Labute approximate surface area is 138 Å². The Hall–Kier alpha value is -1.18. The van der Waals surface area contributed by atoms with Crippen molar-refractivity contribution in [3.8, 4) is 0 Å². The smallest absolute Gasteiger partial charge is 0.283 e. The van der Waals surface area contributed by atoms with Crippen LogP contribution in [0.2, 0.25) is 0 Å². The van der Waals surface area contributed by atoms with E-state index >= 15 is 0 Å². The lowest BCUT2D eigenvalue weighted by molar-refractivity contribution is -0.385. The number of hydrogen-bond donors (Lipinski definition) is 2. The van der Waals surface area contributed by atoms with Gasteiger partial charge in [-0.2, -0.15) is 0 Å². The van der Waals surface area contributed by atoms with Gasteiger partial charge in [0.2, 0.25) is 0 Å². The molecule has 8 heteroatoms. The highest BCUT2D eigenvalue weighted by atomic mass is 79.9. The van der Waals surface area contributed by atoms with Gasteiger partial charge in [0.15, 0.2) is 0 Å². The van der Waals surface area contributed by atoms with Gasteiger partial charge in [0.25, 0.3) is 11.6 Å². The van der Waals surface area contributed by atoms with Crippen molar-refractivity contribution in [3.63, 3.8) is 0 Å². The molecule has 0 saturated heterocycles. The van der Waals surface area contributed by atoms with Crippen molar-refractivity contribution in [2.45, 2.75) is 32.2 Å². The summed E-state index contributed by atoms with van der Waals surface area (Å²) in [6.07, 6.45) is 1.43. The first kappa shape index (κ1) is 19.8. The van der Waals surface area contributed by atoms with Crippen molar-refractivity contribution in [2.75, 3.05) is 6.54 Å². The van der Waals surface area contributed by atoms with Crippen LogP contribution in [-0.2, 0) is 0 Å². The minimum atomic E-state index is -0.574. The van der Waals surface area contributed by atoms with E-state index in [1.165, 1.54) is 12.1 Å². The highest BCUT2D eigenvalue weighted by Crippen LogP contribution is 2.23. The molecule has 21 heavy (non-hydrogen) atoms. The van der Waals surface area contributed by atoms with Crippen LogP contribution in [0.3, 0.4) is 0 Å². The monoisotopic (exact) mass is 379 g/mol. The molecule has 0 saturated carbocycles. The van der Waals surface area contributed by atoms with Gasteiger partial charge < -0.3 is 11.1 Å². The molecule has 0 atom stereocenters. The van der Waals surface area contributed by atoms with Gasteiger partial charge in [0.1, 0.15) is 5.56 Å². The Morgan fingerprint density at radius 2 is 2.00 bits per heavy atom. The van der Waals surface area contributed by atoms with Crippen molar-refractivity contribution >= 4 is 39.9 Å². The van der Waals surface area contributed by atoms with Crippen molar-refractivity contribution in [3.05, 3.63) is 38.3 Å². The summed E-state index contributed by atoms with van der Waals surface area (Å²) in [6.45, 7) is 4.17. The van der Waals surface area contributed by atoms with E-state index in [1.807, 2.05) is 13.8 Å². The Morgan fingerprint density at radius 1 is 1.43 bits per heavy atom. The molecule has 0 unspecified atom stereocenters. The largest absolute Gasteiger partial charge is 0.350 e. The van der Waals surface area contributed by atoms with Crippen LogP contribution < -0.4 is 11.1 Å². The predicted octanol–water partition coefficient (Wildman–Crippen LogP) is 3.03. The number of hydrogen-bond acceptors (Lipinski definition) is 4. The van der Waals surface area contributed by atoms with Gasteiger partial charge in [-0.15, -0.1) is 12.4 Å². The fourth-order valence-corrected chi connectivity index (χ4v) is 2.05. The summed E-state index contributed by atoms with van der Waals surface area (Å²) in [5.41, 5.74) is 5.41. The minimum Gasteiger partial charge on any atom is -0.350 e. The Kier molecular flexibility index (Phi) is 7.84. The van der Waals surface area contributed by atoms with E-state index in [2.05, 4.69) is 21.2 Å². The summed E-state index contributed by atoms with van der Waals surface area (Å²) in [6, 6.07) is 4.33. The summed E-state index contributed by atoms with van der Waals surface area (Å²) >= 11 is 3.15. The quantitative estimate of drug-likeness (QED) is 0.585.